The minimum atomic E-state index is 0.457. The SMILES string of the molecule is CC(CCl)Cc1cccnc1N. The first-order valence-electron chi connectivity index (χ1n) is 3.99. The monoisotopic (exact) mass is 184 g/mol. The number of anilines is 1. The van der Waals surface area contributed by atoms with Gasteiger partial charge in [0.1, 0.15) is 5.82 Å². The van der Waals surface area contributed by atoms with E-state index in [4.69, 9.17) is 17.3 Å². The Bertz CT molecular complexity index is 250. The Morgan fingerprint density at radius 3 is 3.00 bits per heavy atom. The Kier molecular flexibility index (Phi) is 3.35. The molecule has 0 saturated heterocycles. The van der Waals surface area contributed by atoms with Gasteiger partial charge in [-0.25, -0.2) is 4.98 Å². The van der Waals surface area contributed by atoms with E-state index < -0.39 is 0 Å². The third kappa shape index (κ3) is 2.38. The van der Waals surface area contributed by atoms with E-state index in [9.17, 15) is 0 Å². The summed E-state index contributed by atoms with van der Waals surface area (Å²) in [4.78, 5) is 4.00. The molecule has 0 bridgehead atoms. The van der Waals surface area contributed by atoms with E-state index in [1.165, 1.54) is 0 Å². The van der Waals surface area contributed by atoms with Crippen LogP contribution < -0.4 is 5.73 Å². The predicted molar refractivity (Wildman–Crippen MR) is 52.2 cm³/mol. The van der Waals surface area contributed by atoms with Crippen LogP contribution in [0.25, 0.3) is 0 Å². The number of hydrogen-bond donors (Lipinski definition) is 1. The second-order valence-electron chi connectivity index (χ2n) is 3.01. The lowest BCUT2D eigenvalue weighted by Crippen LogP contribution is -2.04. The standard InChI is InChI=1S/C9H13ClN2/c1-7(6-10)5-8-3-2-4-12-9(8)11/h2-4,7H,5-6H2,1H3,(H2,11,12). The molecule has 1 heterocycles. The molecule has 2 nitrogen and oxygen atoms in total. The van der Waals surface area contributed by atoms with E-state index in [-0.39, 0.29) is 0 Å². The van der Waals surface area contributed by atoms with Crippen LogP contribution in [-0.2, 0) is 6.42 Å². The molecule has 1 aromatic heterocycles. The topological polar surface area (TPSA) is 38.9 Å². The van der Waals surface area contributed by atoms with Gasteiger partial charge in [-0.15, -0.1) is 11.6 Å². The summed E-state index contributed by atoms with van der Waals surface area (Å²) >= 11 is 5.69. The molecule has 0 amide bonds. The lowest BCUT2D eigenvalue weighted by molar-refractivity contribution is 0.654. The van der Waals surface area contributed by atoms with E-state index in [0.29, 0.717) is 17.6 Å². The zero-order chi connectivity index (χ0) is 8.97. The van der Waals surface area contributed by atoms with Gasteiger partial charge in [0.2, 0.25) is 0 Å². The molecule has 0 fully saturated rings. The number of alkyl halides is 1. The molecule has 1 rings (SSSR count). The van der Waals surface area contributed by atoms with Crippen molar-refractivity contribution in [3.63, 3.8) is 0 Å². The van der Waals surface area contributed by atoms with Crippen LogP contribution in [0, 0.1) is 5.92 Å². The number of nitrogens with two attached hydrogens (primary N) is 1. The Labute approximate surface area is 77.8 Å². The van der Waals surface area contributed by atoms with Gasteiger partial charge in [-0.05, 0) is 24.0 Å². The quantitative estimate of drug-likeness (QED) is 0.731. The van der Waals surface area contributed by atoms with Gasteiger partial charge in [-0.3, -0.25) is 0 Å². The lowest BCUT2D eigenvalue weighted by atomic mass is 10.0. The van der Waals surface area contributed by atoms with Gasteiger partial charge < -0.3 is 5.73 Å². The van der Waals surface area contributed by atoms with Crippen LogP contribution in [0.4, 0.5) is 5.82 Å². The van der Waals surface area contributed by atoms with Crippen LogP contribution in [0.1, 0.15) is 12.5 Å². The first-order chi connectivity index (χ1) is 5.74. The zero-order valence-corrected chi connectivity index (χ0v) is 7.88. The highest BCUT2D eigenvalue weighted by atomic mass is 35.5. The Balaban J connectivity index is 2.69. The molecular weight excluding hydrogens is 172 g/mol. The summed E-state index contributed by atoms with van der Waals surface area (Å²) in [5.41, 5.74) is 6.76. The fourth-order valence-electron chi connectivity index (χ4n) is 1.05. The molecule has 1 aromatic rings. The van der Waals surface area contributed by atoms with E-state index in [1.54, 1.807) is 6.20 Å². The molecule has 66 valence electrons. The maximum absolute atomic E-state index is 5.69. The van der Waals surface area contributed by atoms with Gasteiger partial charge in [-0.1, -0.05) is 13.0 Å². The molecule has 12 heavy (non-hydrogen) atoms. The third-order valence-corrected chi connectivity index (χ3v) is 2.28. The summed E-state index contributed by atoms with van der Waals surface area (Å²) in [5.74, 6) is 1.74. The summed E-state index contributed by atoms with van der Waals surface area (Å²) in [5, 5.41) is 0. The molecular formula is C9H13ClN2. The Hall–Kier alpha value is -0.760. The number of hydrogen-bond acceptors (Lipinski definition) is 2. The average molecular weight is 185 g/mol. The second kappa shape index (κ2) is 4.31. The molecule has 0 aliphatic carbocycles. The van der Waals surface area contributed by atoms with Crippen LogP contribution in [0.2, 0.25) is 0 Å². The van der Waals surface area contributed by atoms with Gasteiger partial charge >= 0.3 is 0 Å². The maximum Gasteiger partial charge on any atom is 0.126 e. The van der Waals surface area contributed by atoms with Crippen molar-refractivity contribution in [2.45, 2.75) is 13.3 Å². The summed E-state index contributed by atoms with van der Waals surface area (Å²) in [6.45, 7) is 2.10. The molecule has 0 aliphatic heterocycles. The molecule has 0 saturated carbocycles. The number of aromatic nitrogens is 1. The van der Waals surface area contributed by atoms with E-state index >= 15 is 0 Å². The Morgan fingerprint density at radius 2 is 2.42 bits per heavy atom. The van der Waals surface area contributed by atoms with Crippen molar-refractivity contribution >= 4 is 17.4 Å². The predicted octanol–water partition coefficient (Wildman–Crippen LogP) is 2.08. The van der Waals surface area contributed by atoms with Gasteiger partial charge in [-0.2, -0.15) is 0 Å². The highest BCUT2D eigenvalue weighted by Gasteiger charge is 2.04. The number of nitrogen functional groups attached to an aromatic ring is 1. The van der Waals surface area contributed by atoms with Crippen molar-refractivity contribution in [1.29, 1.82) is 0 Å². The van der Waals surface area contributed by atoms with E-state index in [2.05, 4.69) is 11.9 Å². The van der Waals surface area contributed by atoms with Crippen molar-refractivity contribution in [1.82, 2.24) is 4.98 Å². The average Bonchev–Trinajstić information content (AvgIpc) is 2.09. The van der Waals surface area contributed by atoms with Gasteiger partial charge in [0.05, 0.1) is 0 Å². The maximum atomic E-state index is 5.69. The summed E-state index contributed by atoms with van der Waals surface area (Å²) in [6.07, 6.45) is 2.60. The summed E-state index contributed by atoms with van der Waals surface area (Å²) < 4.78 is 0. The highest BCUT2D eigenvalue weighted by Crippen LogP contribution is 2.13. The molecule has 2 N–H and O–H groups in total. The van der Waals surface area contributed by atoms with Gasteiger partial charge in [0, 0.05) is 12.1 Å². The smallest absolute Gasteiger partial charge is 0.126 e. The van der Waals surface area contributed by atoms with Crippen LogP contribution >= 0.6 is 11.6 Å². The summed E-state index contributed by atoms with van der Waals surface area (Å²) in [6, 6.07) is 3.89. The molecule has 1 atom stereocenters. The van der Waals surface area contributed by atoms with Crippen molar-refractivity contribution in [3.05, 3.63) is 23.9 Å². The van der Waals surface area contributed by atoms with Crippen molar-refractivity contribution < 1.29 is 0 Å². The Morgan fingerprint density at radius 1 is 1.67 bits per heavy atom. The molecule has 1 unspecified atom stereocenters. The van der Waals surface area contributed by atoms with Crippen LogP contribution in [0.5, 0.6) is 0 Å². The van der Waals surface area contributed by atoms with Crippen molar-refractivity contribution in [2.75, 3.05) is 11.6 Å². The first kappa shape index (κ1) is 9.33. The molecule has 0 aliphatic rings. The first-order valence-corrected chi connectivity index (χ1v) is 4.53. The van der Waals surface area contributed by atoms with Gasteiger partial charge in [0.25, 0.3) is 0 Å². The molecule has 0 radical (unpaired) electrons. The van der Waals surface area contributed by atoms with Crippen LogP contribution in [0.15, 0.2) is 18.3 Å². The number of nitrogens with zero attached hydrogens (tertiary/aromatic N) is 1. The molecule has 3 heteroatoms. The fourth-order valence-corrected chi connectivity index (χ4v) is 1.16. The van der Waals surface area contributed by atoms with Crippen molar-refractivity contribution in [2.24, 2.45) is 5.92 Å². The fraction of sp³-hybridized carbons (Fsp3) is 0.444. The lowest BCUT2D eigenvalue weighted by Gasteiger charge is -2.08. The third-order valence-electron chi connectivity index (χ3n) is 1.76. The van der Waals surface area contributed by atoms with Crippen LogP contribution in [0.3, 0.4) is 0 Å². The highest BCUT2D eigenvalue weighted by molar-refractivity contribution is 6.18. The van der Waals surface area contributed by atoms with Gasteiger partial charge in [0.15, 0.2) is 0 Å². The molecule has 0 spiro atoms. The number of rotatable bonds is 3. The zero-order valence-electron chi connectivity index (χ0n) is 7.13. The second-order valence-corrected chi connectivity index (χ2v) is 3.32. The van der Waals surface area contributed by atoms with E-state index in [1.807, 2.05) is 12.1 Å². The number of halogens is 1. The summed E-state index contributed by atoms with van der Waals surface area (Å²) in [7, 11) is 0. The molecule has 0 aromatic carbocycles. The normalized spacial score (nSPS) is 12.8. The minimum Gasteiger partial charge on any atom is -0.383 e. The van der Waals surface area contributed by atoms with Crippen LogP contribution in [-0.4, -0.2) is 10.9 Å². The largest absolute Gasteiger partial charge is 0.383 e. The van der Waals surface area contributed by atoms with E-state index in [0.717, 1.165) is 12.0 Å². The van der Waals surface area contributed by atoms with Crippen molar-refractivity contribution in [3.8, 4) is 0 Å². The minimum absolute atomic E-state index is 0.457. The number of pyridine rings is 1.